The molecule has 1 atom stereocenters. The van der Waals surface area contributed by atoms with Gasteiger partial charge in [0.25, 0.3) is 0 Å². The van der Waals surface area contributed by atoms with Gasteiger partial charge in [-0.15, -0.1) is 0 Å². The summed E-state index contributed by atoms with van der Waals surface area (Å²) in [5, 5.41) is 8.65. The summed E-state index contributed by atoms with van der Waals surface area (Å²) in [6.45, 7) is -0.118. The molecule has 0 saturated carbocycles. The lowest BCUT2D eigenvalue weighted by atomic mass is 10.3. The summed E-state index contributed by atoms with van der Waals surface area (Å²) >= 11 is 0. The number of amides is 3. The van der Waals surface area contributed by atoms with Gasteiger partial charge in [-0.05, 0) is 6.42 Å². The summed E-state index contributed by atoms with van der Waals surface area (Å²) in [4.78, 5) is 35.6. The summed E-state index contributed by atoms with van der Waals surface area (Å²) in [6, 6.07) is -0.613. The van der Waals surface area contributed by atoms with E-state index in [0.717, 1.165) is 4.90 Å². The molecule has 8 nitrogen and oxygen atoms in total. The zero-order valence-electron chi connectivity index (χ0n) is 9.33. The number of likely N-dealkylation sites (tertiary alicyclic amines) is 1. The van der Waals surface area contributed by atoms with Gasteiger partial charge >= 0.3 is 12.0 Å². The lowest BCUT2D eigenvalue weighted by molar-refractivity contribution is -0.138. The number of primary amides is 1. The van der Waals surface area contributed by atoms with E-state index < -0.39 is 31.0 Å². The van der Waals surface area contributed by atoms with Gasteiger partial charge in [0, 0.05) is 19.1 Å². The number of aliphatic carboxylic acids is 1. The fourth-order valence-corrected chi connectivity index (χ4v) is 1.70. The molecule has 3 amide bonds. The number of carboxylic acids is 1. The average Bonchev–Trinajstić information content (AvgIpc) is 2.61. The number of urea groups is 1. The zero-order chi connectivity index (χ0) is 13.0. The highest BCUT2D eigenvalue weighted by atomic mass is 16.4. The number of hydrogen-bond donors (Lipinski definition) is 3. The first kappa shape index (κ1) is 13.2. The van der Waals surface area contributed by atoms with E-state index in [1.807, 2.05) is 0 Å². The van der Waals surface area contributed by atoms with E-state index in [2.05, 4.69) is 0 Å². The van der Waals surface area contributed by atoms with Crippen molar-refractivity contribution < 1.29 is 19.5 Å². The minimum Gasteiger partial charge on any atom is -0.480 e. The fraction of sp³-hybridized carbons (Fsp3) is 0.667. The van der Waals surface area contributed by atoms with Gasteiger partial charge in [-0.3, -0.25) is 9.59 Å². The van der Waals surface area contributed by atoms with Crippen molar-refractivity contribution in [3.63, 3.8) is 0 Å². The Morgan fingerprint density at radius 2 is 2.00 bits per heavy atom. The van der Waals surface area contributed by atoms with Gasteiger partial charge in [-0.2, -0.15) is 0 Å². The van der Waals surface area contributed by atoms with Crippen LogP contribution in [0.15, 0.2) is 0 Å². The number of carboxylic acid groups (broad SMARTS) is 1. The van der Waals surface area contributed by atoms with Crippen molar-refractivity contribution in [2.75, 3.05) is 26.2 Å². The van der Waals surface area contributed by atoms with Crippen molar-refractivity contribution in [2.45, 2.75) is 12.5 Å². The van der Waals surface area contributed by atoms with Crippen LogP contribution in [-0.4, -0.2) is 65.0 Å². The van der Waals surface area contributed by atoms with Crippen LogP contribution in [0.1, 0.15) is 6.42 Å². The zero-order valence-corrected chi connectivity index (χ0v) is 9.33. The van der Waals surface area contributed by atoms with Crippen LogP contribution in [0.2, 0.25) is 0 Å². The standard InChI is InChI=1S/C9H16N4O4/c10-6-1-2-12(3-6)9(17)13(4-7(11)14)5-8(15)16/h6H,1-5,10H2,(H2,11,14)(H,15,16). The van der Waals surface area contributed by atoms with Crippen LogP contribution < -0.4 is 11.5 Å². The topological polar surface area (TPSA) is 130 Å². The smallest absolute Gasteiger partial charge is 0.323 e. The first-order valence-electron chi connectivity index (χ1n) is 5.19. The first-order chi connectivity index (χ1) is 7.90. The third-order valence-corrected chi connectivity index (χ3v) is 2.44. The number of hydrogen-bond acceptors (Lipinski definition) is 4. The summed E-state index contributed by atoms with van der Waals surface area (Å²) in [7, 11) is 0. The Morgan fingerprint density at radius 1 is 1.35 bits per heavy atom. The largest absolute Gasteiger partial charge is 0.480 e. The highest BCUT2D eigenvalue weighted by Gasteiger charge is 2.29. The van der Waals surface area contributed by atoms with Crippen molar-refractivity contribution in [3.8, 4) is 0 Å². The second-order valence-electron chi connectivity index (χ2n) is 3.99. The molecule has 96 valence electrons. The molecule has 0 aliphatic carbocycles. The molecule has 0 aromatic rings. The first-order valence-corrected chi connectivity index (χ1v) is 5.19. The van der Waals surface area contributed by atoms with E-state index in [1.165, 1.54) is 4.90 Å². The van der Waals surface area contributed by atoms with E-state index in [4.69, 9.17) is 16.6 Å². The quantitative estimate of drug-likeness (QED) is 0.527. The van der Waals surface area contributed by atoms with E-state index in [0.29, 0.717) is 19.5 Å². The average molecular weight is 244 g/mol. The van der Waals surface area contributed by atoms with Gasteiger partial charge in [-0.25, -0.2) is 4.79 Å². The van der Waals surface area contributed by atoms with Crippen LogP contribution in [0.3, 0.4) is 0 Å². The van der Waals surface area contributed by atoms with Gasteiger partial charge in [0.15, 0.2) is 0 Å². The molecule has 0 spiro atoms. The Bertz CT molecular complexity index is 317. The molecule has 0 aromatic heterocycles. The molecular formula is C9H16N4O4. The van der Waals surface area contributed by atoms with E-state index >= 15 is 0 Å². The van der Waals surface area contributed by atoms with Crippen LogP contribution in [-0.2, 0) is 9.59 Å². The van der Waals surface area contributed by atoms with E-state index in [9.17, 15) is 14.4 Å². The molecule has 1 aliphatic rings. The number of nitrogens with two attached hydrogens (primary N) is 2. The monoisotopic (exact) mass is 244 g/mol. The third kappa shape index (κ3) is 3.91. The maximum atomic E-state index is 11.9. The van der Waals surface area contributed by atoms with Crippen LogP contribution in [0, 0.1) is 0 Å². The van der Waals surface area contributed by atoms with Gasteiger partial charge < -0.3 is 26.4 Å². The normalized spacial score (nSPS) is 19.1. The second kappa shape index (κ2) is 5.48. The van der Waals surface area contributed by atoms with Crippen molar-refractivity contribution in [3.05, 3.63) is 0 Å². The molecule has 8 heteroatoms. The Hall–Kier alpha value is -1.83. The van der Waals surface area contributed by atoms with Crippen LogP contribution in [0.4, 0.5) is 4.79 Å². The minimum atomic E-state index is -1.19. The predicted octanol–water partition coefficient (Wildman–Crippen LogP) is -1.99. The molecule has 5 N–H and O–H groups in total. The van der Waals surface area contributed by atoms with Crippen molar-refractivity contribution in [1.29, 1.82) is 0 Å². The van der Waals surface area contributed by atoms with Gasteiger partial charge in [0.2, 0.25) is 5.91 Å². The lowest BCUT2D eigenvalue weighted by Gasteiger charge is -2.25. The summed E-state index contributed by atoms with van der Waals surface area (Å²) < 4.78 is 0. The van der Waals surface area contributed by atoms with Crippen LogP contribution in [0.5, 0.6) is 0 Å². The molecule has 0 radical (unpaired) electrons. The SMILES string of the molecule is NC(=O)CN(CC(=O)O)C(=O)N1CCC(N)C1. The Balaban J connectivity index is 2.64. The predicted molar refractivity (Wildman–Crippen MR) is 58.0 cm³/mol. The summed E-state index contributed by atoms with van der Waals surface area (Å²) in [6.07, 6.45) is 0.670. The molecule has 1 unspecified atom stereocenters. The maximum Gasteiger partial charge on any atom is 0.323 e. The van der Waals surface area contributed by atoms with Gasteiger partial charge in [-0.1, -0.05) is 0 Å². The Kier molecular flexibility index (Phi) is 4.27. The van der Waals surface area contributed by atoms with Crippen LogP contribution in [0.25, 0.3) is 0 Å². The highest BCUT2D eigenvalue weighted by molar-refractivity contribution is 5.86. The number of nitrogens with zero attached hydrogens (tertiary/aromatic N) is 2. The molecule has 0 aromatic carbocycles. The second-order valence-corrected chi connectivity index (χ2v) is 3.99. The van der Waals surface area contributed by atoms with Gasteiger partial charge in [0.05, 0.1) is 0 Å². The van der Waals surface area contributed by atoms with Crippen molar-refractivity contribution >= 4 is 17.9 Å². The number of carbonyl (C=O) groups is 3. The lowest BCUT2D eigenvalue weighted by Crippen LogP contribution is -2.48. The molecule has 1 heterocycles. The molecular weight excluding hydrogens is 228 g/mol. The molecule has 0 bridgehead atoms. The molecule has 1 fully saturated rings. The van der Waals surface area contributed by atoms with Crippen LogP contribution >= 0.6 is 0 Å². The fourth-order valence-electron chi connectivity index (χ4n) is 1.70. The minimum absolute atomic E-state index is 0.0980. The number of rotatable bonds is 4. The molecule has 1 aliphatic heterocycles. The molecule has 17 heavy (non-hydrogen) atoms. The van der Waals surface area contributed by atoms with Crippen molar-refractivity contribution in [1.82, 2.24) is 9.80 Å². The third-order valence-electron chi connectivity index (χ3n) is 2.44. The van der Waals surface area contributed by atoms with E-state index in [1.54, 1.807) is 0 Å². The summed E-state index contributed by atoms with van der Waals surface area (Å²) in [5.41, 5.74) is 10.6. The molecule has 1 saturated heterocycles. The van der Waals surface area contributed by atoms with Crippen molar-refractivity contribution in [2.24, 2.45) is 11.5 Å². The van der Waals surface area contributed by atoms with E-state index in [-0.39, 0.29) is 6.04 Å². The number of carbonyl (C=O) groups excluding carboxylic acids is 2. The summed E-state index contributed by atoms with van der Waals surface area (Å²) in [5.74, 6) is -1.94. The Morgan fingerprint density at radius 3 is 2.41 bits per heavy atom. The highest BCUT2D eigenvalue weighted by Crippen LogP contribution is 2.10. The van der Waals surface area contributed by atoms with Gasteiger partial charge in [0.1, 0.15) is 13.1 Å². The Labute approximate surface area is 98.1 Å². The maximum absolute atomic E-state index is 11.9. The molecule has 1 rings (SSSR count).